The van der Waals surface area contributed by atoms with Gasteiger partial charge in [0.15, 0.2) is 5.13 Å². The van der Waals surface area contributed by atoms with E-state index in [9.17, 15) is 4.79 Å². The van der Waals surface area contributed by atoms with Crippen LogP contribution in [0.1, 0.15) is 0 Å². The molecule has 0 spiro atoms. The summed E-state index contributed by atoms with van der Waals surface area (Å²) in [4.78, 5) is 16.2. The fraction of sp³-hybridized carbons (Fsp3) is 0.0833. The van der Waals surface area contributed by atoms with E-state index in [2.05, 4.69) is 15.4 Å². The molecule has 2 aromatic heterocycles. The zero-order valence-corrected chi connectivity index (χ0v) is 11.5. The number of hydrogen-bond acceptors (Lipinski definition) is 5. The van der Waals surface area contributed by atoms with Crippen molar-refractivity contribution in [1.29, 1.82) is 0 Å². The van der Waals surface area contributed by atoms with Crippen LogP contribution in [0.2, 0.25) is 5.02 Å². The van der Waals surface area contributed by atoms with Crippen LogP contribution >= 0.6 is 22.9 Å². The Labute approximate surface area is 117 Å². The van der Waals surface area contributed by atoms with Gasteiger partial charge in [-0.15, -0.1) is 0 Å². The van der Waals surface area contributed by atoms with Crippen molar-refractivity contribution in [2.75, 3.05) is 5.32 Å². The van der Waals surface area contributed by atoms with Gasteiger partial charge in [0, 0.05) is 17.8 Å². The first-order chi connectivity index (χ1) is 9.13. The Bertz CT molecular complexity index is 794. The van der Waals surface area contributed by atoms with Crippen molar-refractivity contribution in [3.8, 4) is 0 Å². The molecule has 0 radical (unpaired) electrons. The first kappa shape index (κ1) is 12.1. The number of aromatic nitrogens is 3. The average Bonchev–Trinajstić information content (AvgIpc) is 2.80. The molecule has 96 valence electrons. The van der Waals surface area contributed by atoms with Gasteiger partial charge in [-0.1, -0.05) is 22.9 Å². The minimum absolute atomic E-state index is 0.140. The summed E-state index contributed by atoms with van der Waals surface area (Å²) in [7, 11) is 1.62. The van der Waals surface area contributed by atoms with Gasteiger partial charge in [0.25, 0.3) is 5.56 Å². The standard InChI is InChI=1S/C12H9ClN4OS/c1-17-11(18)10-9(6-14-17)16-12(19-10)15-8-4-2-7(13)3-5-8/h2-6H,1H3,(H,15,16). The number of nitrogens with one attached hydrogen (secondary N) is 1. The highest BCUT2D eigenvalue weighted by Gasteiger charge is 2.09. The zero-order valence-electron chi connectivity index (χ0n) is 9.92. The summed E-state index contributed by atoms with van der Waals surface area (Å²) in [6.07, 6.45) is 1.58. The lowest BCUT2D eigenvalue weighted by molar-refractivity contribution is 0.719. The third-order valence-corrected chi connectivity index (χ3v) is 3.82. The molecule has 0 aliphatic rings. The van der Waals surface area contributed by atoms with Crippen LogP contribution in [0.4, 0.5) is 10.8 Å². The number of halogens is 1. The summed E-state index contributed by atoms with van der Waals surface area (Å²) in [6, 6.07) is 7.28. The molecule has 0 unspecified atom stereocenters. The third-order valence-electron chi connectivity index (χ3n) is 2.59. The molecule has 0 saturated heterocycles. The first-order valence-electron chi connectivity index (χ1n) is 5.49. The molecule has 3 aromatic rings. The molecular weight excluding hydrogens is 284 g/mol. The molecule has 0 fully saturated rings. The number of rotatable bonds is 2. The lowest BCUT2D eigenvalue weighted by atomic mass is 10.3. The smallest absolute Gasteiger partial charge is 0.286 e. The Morgan fingerprint density at radius 2 is 2.05 bits per heavy atom. The Balaban J connectivity index is 2.00. The minimum atomic E-state index is -0.140. The molecule has 3 rings (SSSR count). The second-order valence-corrected chi connectivity index (χ2v) is 5.37. The number of nitrogens with zero attached hydrogens (tertiary/aromatic N) is 3. The number of thiazole rings is 1. The molecular formula is C12H9ClN4OS. The zero-order chi connectivity index (χ0) is 13.4. The van der Waals surface area contributed by atoms with Crippen molar-refractivity contribution in [1.82, 2.24) is 14.8 Å². The Hall–Kier alpha value is -1.92. The van der Waals surface area contributed by atoms with Crippen LogP contribution < -0.4 is 10.9 Å². The third kappa shape index (κ3) is 2.32. The second kappa shape index (κ2) is 4.64. The molecule has 0 aliphatic carbocycles. The van der Waals surface area contributed by atoms with E-state index in [4.69, 9.17) is 11.6 Å². The van der Waals surface area contributed by atoms with Crippen molar-refractivity contribution in [2.24, 2.45) is 7.05 Å². The van der Waals surface area contributed by atoms with Gasteiger partial charge in [-0.05, 0) is 24.3 Å². The molecule has 0 atom stereocenters. The summed E-state index contributed by atoms with van der Waals surface area (Å²) in [5.41, 5.74) is 1.33. The molecule has 5 nitrogen and oxygen atoms in total. The number of anilines is 2. The Morgan fingerprint density at radius 1 is 1.32 bits per heavy atom. The predicted molar refractivity (Wildman–Crippen MR) is 77.4 cm³/mol. The van der Waals surface area contributed by atoms with E-state index in [-0.39, 0.29) is 5.56 Å². The Morgan fingerprint density at radius 3 is 2.79 bits per heavy atom. The van der Waals surface area contributed by atoms with E-state index in [0.717, 1.165) is 5.69 Å². The van der Waals surface area contributed by atoms with Crippen LogP contribution in [0.15, 0.2) is 35.3 Å². The summed E-state index contributed by atoms with van der Waals surface area (Å²) in [5, 5.41) is 8.41. The van der Waals surface area contributed by atoms with Crippen LogP contribution in [0.5, 0.6) is 0 Å². The van der Waals surface area contributed by atoms with Crippen LogP contribution in [-0.2, 0) is 7.05 Å². The number of fused-ring (bicyclic) bond motifs is 1. The van der Waals surface area contributed by atoms with Crippen LogP contribution in [0, 0.1) is 0 Å². The monoisotopic (exact) mass is 292 g/mol. The Kier molecular flexibility index (Phi) is 2.96. The van der Waals surface area contributed by atoms with E-state index in [1.807, 2.05) is 12.1 Å². The number of aryl methyl sites for hydroxylation is 1. The fourth-order valence-electron chi connectivity index (χ4n) is 1.62. The van der Waals surface area contributed by atoms with Crippen LogP contribution in [0.3, 0.4) is 0 Å². The van der Waals surface area contributed by atoms with E-state index in [0.29, 0.717) is 20.4 Å². The van der Waals surface area contributed by atoms with Crippen molar-refractivity contribution in [3.63, 3.8) is 0 Å². The van der Waals surface area contributed by atoms with Gasteiger partial charge >= 0.3 is 0 Å². The summed E-state index contributed by atoms with van der Waals surface area (Å²) < 4.78 is 1.89. The SMILES string of the molecule is Cn1ncc2nc(Nc3ccc(Cl)cc3)sc2c1=O. The molecule has 7 heteroatoms. The maximum atomic E-state index is 11.9. The predicted octanol–water partition coefficient (Wildman–Crippen LogP) is 2.79. The molecule has 19 heavy (non-hydrogen) atoms. The lowest BCUT2D eigenvalue weighted by Gasteiger charge is -2.01. The van der Waals surface area contributed by atoms with Crippen LogP contribution in [0.25, 0.3) is 10.2 Å². The summed E-state index contributed by atoms with van der Waals surface area (Å²) in [5.74, 6) is 0. The number of benzene rings is 1. The molecule has 1 N–H and O–H groups in total. The molecule has 0 aliphatic heterocycles. The first-order valence-corrected chi connectivity index (χ1v) is 6.68. The topological polar surface area (TPSA) is 59.8 Å². The van der Waals surface area contributed by atoms with Gasteiger partial charge in [0.1, 0.15) is 10.2 Å². The van der Waals surface area contributed by atoms with Crippen molar-refractivity contribution < 1.29 is 0 Å². The molecule has 0 amide bonds. The summed E-state index contributed by atoms with van der Waals surface area (Å²) >= 11 is 7.13. The van der Waals surface area contributed by atoms with E-state index in [1.54, 1.807) is 25.4 Å². The van der Waals surface area contributed by atoms with Gasteiger partial charge < -0.3 is 5.32 Å². The maximum Gasteiger partial charge on any atom is 0.286 e. The quantitative estimate of drug-likeness (QED) is 0.789. The number of hydrogen-bond donors (Lipinski definition) is 1. The molecule has 1 aromatic carbocycles. The normalized spacial score (nSPS) is 10.8. The van der Waals surface area contributed by atoms with E-state index >= 15 is 0 Å². The highest BCUT2D eigenvalue weighted by Crippen LogP contribution is 2.26. The van der Waals surface area contributed by atoms with Gasteiger partial charge in [0.2, 0.25) is 0 Å². The summed E-state index contributed by atoms with van der Waals surface area (Å²) in [6.45, 7) is 0. The molecule has 2 heterocycles. The van der Waals surface area contributed by atoms with Gasteiger partial charge in [-0.25, -0.2) is 9.67 Å². The largest absolute Gasteiger partial charge is 0.332 e. The molecule has 0 bridgehead atoms. The average molecular weight is 293 g/mol. The van der Waals surface area contributed by atoms with E-state index < -0.39 is 0 Å². The maximum absolute atomic E-state index is 11.9. The highest BCUT2D eigenvalue weighted by molar-refractivity contribution is 7.22. The van der Waals surface area contributed by atoms with Crippen LogP contribution in [-0.4, -0.2) is 14.8 Å². The van der Waals surface area contributed by atoms with Crippen molar-refractivity contribution in [3.05, 3.63) is 45.8 Å². The lowest BCUT2D eigenvalue weighted by Crippen LogP contribution is -2.17. The fourth-order valence-corrected chi connectivity index (χ4v) is 2.68. The van der Waals surface area contributed by atoms with Gasteiger partial charge in [-0.3, -0.25) is 4.79 Å². The molecule has 0 saturated carbocycles. The minimum Gasteiger partial charge on any atom is -0.332 e. The van der Waals surface area contributed by atoms with E-state index in [1.165, 1.54) is 16.0 Å². The highest BCUT2D eigenvalue weighted by atomic mass is 35.5. The van der Waals surface area contributed by atoms with Gasteiger partial charge in [0.05, 0.1) is 6.20 Å². The van der Waals surface area contributed by atoms with Gasteiger partial charge in [-0.2, -0.15) is 5.10 Å². The second-order valence-electron chi connectivity index (χ2n) is 3.94. The van der Waals surface area contributed by atoms with Crippen molar-refractivity contribution in [2.45, 2.75) is 0 Å². The van der Waals surface area contributed by atoms with Crippen molar-refractivity contribution >= 4 is 44.0 Å².